The molecule has 0 saturated carbocycles. The van der Waals surface area contributed by atoms with Gasteiger partial charge in [-0.15, -0.1) is 0 Å². The summed E-state index contributed by atoms with van der Waals surface area (Å²) in [5.74, 6) is 1.12. The number of ether oxygens (including phenoxy) is 2. The summed E-state index contributed by atoms with van der Waals surface area (Å²) in [6, 6.07) is 22.8. The quantitative estimate of drug-likeness (QED) is 0.466. The molecule has 0 bridgehead atoms. The zero-order chi connectivity index (χ0) is 24.8. The molecule has 7 heteroatoms. The summed E-state index contributed by atoms with van der Waals surface area (Å²) in [6.45, 7) is 0.356. The van der Waals surface area contributed by atoms with E-state index in [1.54, 1.807) is 24.0 Å². The molecule has 3 heterocycles. The summed E-state index contributed by atoms with van der Waals surface area (Å²) in [6.07, 6.45) is 0.482. The summed E-state index contributed by atoms with van der Waals surface area (Å²) in [5, 5.41) is 1.10. The number of nitrogens with one attached hydrogen (secondary N) is 1. The van der Waals surface area contributed by atoms with Crippen LogP contribution in [0.3, 0.4) is 0 Å². The number of amides is 2. The molecule has 2 aliphatic rings. The Bertz CT molecular complexity index is 1460. The number of H-pyrrole nitrogens is 1. The van der Waals surface area contributed by atoms with Crippen molar-refractivity contribution >= 4 is 22.7 Å². The van der Waals surface area contributed by atoms with Crippen LogP contribution in [0, 0.1) is 0 Å². The molecule has 3 aromatic carbocycles. The minimum Gasteiger partial charge on any atom is -0.493 e. The van der Waals surface area contributed by atoms with E-state index in [2.05, 4.69) is 11.1 Å². The number of methoxy groups -OCH3 is 2. The van der Waals surface area contributed by atoms with Crippen molar-refractivity contribution in [1.29, 1.82) is 0 Å². The number of aromatic nitrogens is 1. The molecule has 0 aliphatic carbocycles. The highest BCUT2D eigenvalue weighted by Crippen LogP contribution is 2.42. The molecule has 1 aromatic heterocycles. The fourth-order valence-electron chi connectivity index (χ4n) is 5.64. The van der Waals surface area contributed by atoms with Crippen molar-refractivity contribution in [3.8, 4) is 11.5 Å². The monoisotopic (exact) mass is 481 g/mol. The number of carbonyl (C=O) groups is 2. The van der Waals surface area contributed by atoms with Crippen molar-refractivity contribution in [3.63, 3.8) is 0 Å². The topological polar surface area (TPSA) is 74.9 Å². The van der Waals surface area contributed by atoms with E-state index in [1.165, 1.54) is 0 Å². The summed E-state index contributed by atoms with van der Waals surface area (Å²) in [5.41, 5.74) is 4.99. The van der Waals surface area contributed by atoms with Gasteiger partial charge in [-0.05, 0) is 34.9 Å². The number of piperazine rings is 1. The second kappa shape index (κ2) is 8.75. The molecule has 182 valence electrons. The lowest BCUT2D eigenvalue weighted by atomic mass is 9.86. The van der Waals surface area contributed by atoms with E-state index in [0.29, 0.717) is 24.5 Å². The second-order valence-corrected chi connectivity index (χ2v) is 9.28. The van der Waals surface area contributed by atoms with Gasteiger partial charge in [0.1, 0.15) is 12.6 Å². The summed E-state index contributed by atoms with van der Waals surface area (Å²) in [4.78, 5) is 34.6. The zero-order valence-electron chi connectivity index (χ0n) is 20.2. The molecule has 0 spiro atoms. The van der Waals surface area contributed by atoms with E-state index in [-0.39, 0.29) is 24.4 Å². The number of fused-ring (bicyclic) bond motifs is 4. The van der Waals surface area contributed by atoms with Gasteiger partial charge in [0.05, 0.1) is 20.3 Å². The van der Waals surface area contributed by atoms with Gasteiger partial charge >= 0.3 is 0 Å². The van der Waals surface area contributed by atoms with E-state index in [9.17, 15) is 9.59 Å². The van der Waals surface area contributed by atoms with Gasteiger partial charge in [0.25, 0.3) is 0 Å². The van der Waals surface area contributed by atoms with E-state index >= 15 is 0 Å². The van der Waals surface area contributed by atoms with Crippen LogP contribution < -0.4 is 9.47 Å². The summed E-state index contributed by atoms with van der Waals surface area (Å²) < 4.78 is 10.8. The largest absolute Gasteiger partial charge is 0.493 e. The van der Waals surface area contributed by atoms with Crippen LogP contribution in [0.5, 0.6) is 11.5 Å². The van der Waals surface area contributed by atoms with E-state index < -0.39 is 6.04 Å². The van der Waals surface area contributed by atoms with Gasteiger partial charge in [-0.25, -0.2) is 0 Å². The van der Waals surface area contributed by atoms with Crippen LogP contribution in [0.1, 0.15) is 28.4 Å². The van der Waals surface area contributed by atoms with Crippen LogP contribution in [-0.4, -0.2) is 53.4 Å². The van der Waals surface area contributed by atoms with Crippen molar-refractivity contribution in [2.45, 2.75) is 25.0 Å². The van der Waals surface area contributed by atoms with Gasteiger partial charge in [0, 0.05) is 29.6 Å². The number of hydrogen-bond donors (Lipinski definition) is 1. The average Bonchev–Trinajstić information content (AvgIpc) is 3.29. The minimum atomic E-state index is -0.566. The van der Waals surface area contributed by atoms with Crippen LogP contribution >= 0.6 is 0 Å². The third-order valence-corrected chi connectivity index (χ3v) is 7.28. The number of aromatic amines is 1. The van der Waals surface area contributed by atoms with Crippen LogP contribution in [0.15, 0.2) is 72.8 Å². The van der Waals surface area contributed by atoms with E-state index in [0.717, 1.165) is 33.3 Å². The van der Waals surface area contributed by atoms with Crippen molar-refractivity contribution in [1.82, 2.24) is 14.8 Å². The predicted molar refractivity (Wildman–Crippen MR) is 136 cm³/mol. The standard InChI is InChI=1S/C29H27N3O4/c1-35-24-13-12-18(14-25(24)36-2)16-31-17-26(33)32-23(29(31)34)15-21-20-10-6-7-11-22(20)30-27(21)28(32)19-8-4-3-5-9-19/h3-14,23,28,30H,15-17H2,1-2H3/t23-,28-/m0/s1. The molecule has 1 saturated heterocycles. The number of carbonyl (C=O) groups excluding carboxylic acids is 2. The molecular formula is C29H27N3O4. The Morgan fingerprint density at radius 2 is 1.67 bits per heavy atom. The first-order valence-corrected chi connectivity index (χ1v) is 12.0. The fraction of sp³-hybridized carbons (Fsp3) is 0.241. The van der Waals surface area contributed by atoms with Gasteiger partial charge in [-0.2, -0.15) is 0 Å². The third-order valence-electron chi connectivity index (χ3n) is 7.28. The smallest absolute Gasteiger partial charge is 0.246 e. The Hall–Kier alpha value is -4.26. The van der Waals surface area contributed by atoms with E-state index in [4.69, 9.17) is 9.47 Å². The molecule has 1 fully saturated rings. The lowest BCUT2D eigenvalue weighted by molar-refractivity contribution is -0.159. The molecule has 0 radical (unpaired) electrons. The van der Waals surface area contributed by atoms with Crippen molar-refractivity contribution in [3.05, 3.63) is 95.2 Å². The molecule has 36 heavy (non-hydrogen) atoms. The number of para-hydroxylation sites is 1. The molecule has 6 rings (SSSR count). The maximum atomic E-state index is 13.9. The highest BCUT2D eigenvalue weighted by molar-refractivity contribution is 5.97. The minimum absolute atomic E-state index is 0.0303. The third kappa shape index (κ3) is 3.50. The van der Waals surface area contributed by atoms with Crippen LogP contribution in [-0.2, 0) is 22.6 Å². The fourth-order valence-corrected chi connectivity index (χ4v) is 5.64. The van der Waals surface area contributed by atoms with Gasteiger partial charge in [-0.3, -0.25) is 9.59 Å². The number of benzene rings is 3. The van der Waals surface area contributed by atoms with Crippen molar-refractivity contribution < 1.29 is 19.1 Å². The number of hydrogen-bond acceptors (Lipinski definition) is 4. The average molecular weight is 482 g/mol. The first kappa shape index (κ1) is 22.2. The maximum Gasteiger partial charge on any atom is 0.246 e. The molecule has 2 atom stereocenters. The van der Waals surface area contributed by atoms with Crippen molar-refractivity contribution in [2.24, 2.45) is 0 Å². The first-order chi connectivity index (χ1) is 17.6. The van der Waals surface area contributed by atoms with Crippen LogP contribution in [0.25, 0.3) is 10.9 Å². The van der Waals surface area contributed by atoms with Gasteiger partial charge in [0.15, 0.2) is 11.5 Å². The molecule has 1 N–H and O–H groups in total. The Labute approximate surface area is 209 Å². The second-order valence-electron chi connectivity index (χ2n) is 9.28. The predicted octanol–water partition coefficient (Wildman–Crippen LogP) is 4.07. The Morgan fingerprint density at radius 3 is 2.44 bits per heavy atom. The van der Waals surface area contributed by atoms with Crippen molar-refractivity contribution in [2.75, 3.05) is 20.8 Å². The Kier molecular flexibility index (Phi) is 5.40. The normalized spacial score (nSPS) is 19.3. The van der Waals surface area contributed by atoms with Gasteiger partial charge in [-0.1, -0.05) is 54.6 Å². The van der Waals surface area contributed by atoms with Gasteiger partial charge in [0.2, 0.25) is 11.8 Å². The molecule has 2 aliphatic heterocycles. The maximum absolute atomic E-state index is 13.9. The molecule has 2 amide bonds. The van der Waals surface area contributed by atoms with Crippen LogP contribution in [0.4, 0.5) is 0 Å². The van der Waals surface area contributed by atoms with Gasteiger partial charge < -0.3 is 24.3 Å². The summed E-state index contributed by atoms with van der Waals surface area (Å²) in [7, 11) is 3.17. The zero-order valence-corrected chi connectivity index (χ0v) is 20.2. The summed E-state index contributed by atoms with van der Waals surface area (Å²) >= 11 is 0. The molecule has 4 aromatic rings. The SMILES string of the molecule is COc1ccc(CN2CC(=O)N3[C@@H](c4ccccc4)c4[nH]c5ccccc5c4C[C@H]3C2=O)cc1OC. The molecular weight excluding hydrogens is 454 g/mol. The number of nitrogens with zero attached hydrogens (tertiary/aromatic N) is 2. The highest BCUT2D eigenvalue weighted by atomic mass is 16.5. The Balaban J connectivity index is 1.40. The molecule has 7 nitrogen and oxygen atoms in total. The lowest BCUT2D eigenvalue weighted by Crippen LogP contribution is -2.62. The van der Waals surface area contributed by atoms with Crippen LogP contribution in [0.2, 0.25) is 0 Å². The lowest BCUT2D eigenvalue weighted by Gasteiger charge is -2.47. The van der Waals surface area contributed by atoms with E-state index in [1.807, 2.05) is 66.7 Å². The molecule has 0 unspecified atom stereocenters. The number of rotatable bonds is 5. The Morgan fingerprint density at radius 1 is 0.917 bits per heavy atom. The highest BCUT2D eigenvalue weighted by Gasteiger charge is 2.48. The first-order valence-electron chi connectivity index (χ1n) is 12.0.